The van der Waals surface area contributed by atoms with E-state index >= 15 is 0 Å². The zero-order valence-corrected chi connectivity index (χ0v) is 13.1. The first-order valence-electron chi connectivity index (χ1n) is 8.04. The zero-order chi connectivity index (χ0) is 13.8. The summed E-state index contributed by atoms with van der Waals surface area (Å²) in [6.07, 6.45) is 11.8. The molecule has 0 unspecified atom stereocenters. The van der Waals surface area contributed by atoms with Gasteiger partial charge in [-0.3, -0.25) is 4.79 Å². The summed E-state index contributed by atoms with van der Waals surface area (Å²) in [5, 5.41) is 0. The van der Waals surface area contributed by atoms with E-state index in [4.69, 9.17) is 0 Å². The fraction of sp³-hybridized carbons (Fsp3) is 0.941. The van der Waals surface area contributed by atoms with Gasteiger partial charge in [0, 0.05) is 12.8 Å². The summed E-state index contributed by atoms with van der Waals surface area (Å²) < 4.78 is 0. The molecule has 0 aliphatic rings. The van der Waals surface area contributed by atoms with Crippen molar-refractivity contribution in [3.05, 3.63) is 0 Å². The molecule has 0 bridgehead atoms. The third kappa shape index (κ3) is 13.7. The van der Waals surface area contributed by atoms with Crippen molar-refractivity contribution < 1.29 is 4.79 Å². The first-order chi connectivity index (χ1) is 8.52. The Morgan fingerprint density at radius 3 is 1.72 bits per heavy atom. The van der Waals surface area contributed by atoms with Crippen LogP contribution in [0, 0.1) is 11.8 Å². The van der Waals surface area contributed by atoms with Gasteiger partial charge in [-0.1, -0.05) is 66.2 Å². The molecule has 1 nitrogen and oxygen atoms in total. The second-order valence-electron chi connectivity index (χ2n) is 6.53. The van der Waals surface area contributed by atoms with Crippen molar-refractivity contribution in [2.75, 3.05) is 0 Å². The molecular formula is C17H34O. The third-order valence-corrected chi connectivity index (χ3v) is 3.49. The van der Waals surface area contributed by atoms with Gasteiger partial charge >= 0.3 is 0 Å². The lowest BCUT2D eigenvalue weighted by molar-refractivity contribution is -0.119. The molecule has 0 radical (unpaired) electrons. The summed E-state index contributed by atoms with van der Waals surface area (Å²) >= 11 is 0. The topological polar surface area (TPSA) is 17.1 Å². The van der Waals surface area contributed by atoms with E-state index in [1.165, 1.54) is 38.5 Å². The number of ketones is 1. The van der Waals surface area contributed by atoms with E-state index in [1.54, 1.807) is 0 Å². The molecule has 0 rings (SSSR count). The largest absolute Gasteiger partial charge is 0.300 e. The van der Waals surface area contributed by atoms with Crippen LogP contribution in [0.3, 0.4) is 0 Å². The molecule has 0 N–H and O–H groups in total. The summed E-state index contributed by atoms with van der Waals surface area (Å²) in [5.74, 6) is 1.99. The molecule has 0 amide bonds. The number of rotatable bonds is 12. The van der Waals surface area contributed by atoms with Gasteiger partial charge in [0.2, 0.25) is 0 Å². The number of hydrogen-bond acceptors (Lipinski definition) is 1. The minimum absolute atomic E-state index is 0.475. The van der Waals surface area contributed by atoms with Gasteiger partial charge in [-0.05, 0) is 24.7 Å². The van der Waals surface area contributed by atoms with Gasteiger partial charge in [-0.25, -0.2) is 0 Å². The van der Waals surface area contributed by atoms with Gasteiger partial charge in [0.15, 0.2) is 0 Å². The number of hydrogen-bond donors (Lipinski definition) is 0. The van der Waals surface area contributed by atoms with Crippen LogP contribution >= 0.6 is 0 Å². The maximum absolute atomic E-state index is 11.6. The molecule has 0 saturated heterocycles. The van der Waals surface area contributed by atoms with Crippen LogP contribution in [-0.2, 0) is 4.79 Å². The fourth-order valence-electron chi connectivity index (χ4n) is 2.16. The molecule has 108 valence electrons. The highest BCUT2D eigenvalue weighted by molar-refractivity contribution is 5.78. The van der Waals surface area contributed by atoms with Crippen LogP contribution in [0.5, 0.6) is 0 Å². The van der Waals surface area contributed by atoms with Crippen LogP contribution < -0.4 is 0 Å². The summed E-state index contributed by atoms with van der Waals surface area (Å²) in [4.78, 5) is 11.6. The predicted octanol–water partition coefficient (Wildman–Crippen LogP) is 5.77. The Bertz CT molecular complexity index is 194. The van der Waals surface area contributed by atoms with Gasteiger partial charge < -0.3 is 0 Å². The maximum atomic E-state index is 11.6. The van der Waals surface area contributed by atoms with Crippen molar-refractivity contribution in [2.45, 2.75) is 91.9 Å². The van der Waals surface area contributed by atoms with Crippen molar-refractivity contribution in [1.82, 2.24) is 0 Å². The first kappa shape index (κ1) is 17.7. The van der Waals surface area contributed by atoms with Crippen LogP contribution in [0.4, 0.5) is 0 Å². The molecule has 0 aromatic heterocycles. The lowest BCUT2D eigenvalue weighted by atomic mass is 10.0. The fourth-order valence-corrected chi connectivity index (χ4v) is 2.16. The van der Waals surface area contributed by atoms with Gasteiger partial charge in [0.25, 0.3) is 0 Å². The molecule has 0 saturated carbocycles. The van der Waals surface area contributed by atoms with Crippen LogP contribution in [-0.4, -0.2) is 5.78 Å². The highest BCUT2D eigenvalue weighted by Crippen LogP contribution is 2.13. The van der Waals surface area contributed by atoms with Crippen molar-refractivity contribution in [3.8, 4) is 0 Å². The van der Waals surface area contributed by atoms with Crippen molar-refractivity contribution in [2.24, 2.45) is 11.8 Å². The molecule has 1 heteroatoms. The number of unbranched alkanes of at least 4 members (excludes halogenated alkanes) is 5. The van der Waals surface area contributed by atoms with Crippen molar-refractivity contribution in [1.29, 1.82) is 0 Å². The molecule has 0 spiro atoms. The first-order valence-corrected chi connectivity index (χ1v) is 8.04. The number of carbonyl (C=O) groups excluding carboxylic acids is 1. The third-order valence-electron chi connectivity index (χ3n) is 3.49. The van der Waals surface area contributed by atoms with Gasteiger partial charge in [-0.15, -0.1) is 0 Å². The van der Waals surface area contributed by atoms with Crippen molar-refractivity contribution >= 4 is 5.78 Å². The van der Waals surface area contributed by atoms with Crippen LogP contribution in [0.25, 0.3) is 0 Å². The van der Waals surface area contributed by atoms with E-state index in [-0.39, 0.29) is 0 Å². The molecule has 0 aromatic carbocycles. The molecule has 0 fully saturated rings. The van der Waals surface area contributed by atoms with E-state index in [2.05, 4.69) is 27.7 Å². The van der Waals surface area contributed by atoms with Gasteiger partial charge in [0.05, 0.1) is 0 Å². The number of carbonyl (C=O) groups is 1. The van der Waals surface area contributed by atoms with E-state index in [9.17, 15) is 4.79 Å². The highest BCUT2D eigenvalue weighted by atomic mass is 16.1. The molecule has 0 atom stereocenters. The quantitative estimate of drug-likeness (QED) is 0.404. The lowest BCUT2D eigenvalue weighted by Crippen LogP contribution is -2.00. The monoisotopic (exact) mass is 254 g/mol. The summed E-state index contributed by atoms with van der Waals surface area (Å²) in [6.45, 7) is 8.96. The standard InChI is InChI=1S/C17H34O/c1-15(2)11-9-7-5-6-8-10-12-17(18)14-13-16(3)4/h15-16H,5-14H2,1-4H3. The van der Waals surface area contributed by atoms with Gasteiger partial charge in [0.1, 0.15) is 5.78 Å². The average Bonchev–Trinajstić information content (AvgIpc) is 2.29. The minimum Gasteiger partial charge on any atom is -0.300 e. The normalized spacial score (nSPS) is 11.4. The van der Waals surface area contributed by atoms with E-state index in [0.29, 0.717) is 11.7 Å². The Kier molecular flexibility index (Phi) is 11.5. The SMILES string of the molecule is CC(C)CCCCCCCCC(=O)CCC(C)C. The lowest BCUT2D eigenvalue weighted by Gasteiger charge is -2.05. The molecule has 0 aliphatic carbocycles. The molecule has 0 aromatic rings. The average molecular weight is 254 g/mol. The second kappa shape index (κ2) is 11.7. The zero-order valence-electron chi connectivity index (χ0n) is 13.1. The second-order valence-corrected chi connectivity index (χ2v) is 6.53. The minimum atomic E-state index is 0.475. The molecule has 18 heavy (non-hydrogen) atoms. The summed E-state index contributed by atoms with van der Waals surface area (Å²) in [5.41, 5.74) is 0. The Hall–Kier alpha value is -0.330. The molecular weight excluding hydrogens is 220 g/mol. The van der Waals surface area contributed by atoms with E-state index in [0.717, 1.165) is 31.6 Å². The Morgan fingerprint density at radius 2 is 1.17 bits per heavy atom. The number of Topliss-reactive ketones (excluding diaryl/α,β-unsaturated/α-hetero) is 1. The highest BCUT2D eigenvalue weighted by Gasteiger charge is 2.03. The Balaban J connectivity index is 3.17. The Morgan fingerprint density at radius 1 is 0.667 bits per heavy atom. The maximum Gasteiger partial charge on any atom is 0.132 e. The van der Waals surface area contributed by atoms with E-state index < -0.39 is 0 Å². The van der Waals surface area contributed by atoms with Crippen molar-refractivity contribution in [3.63, 3.8) is 0 Å². The van der Waals surface area contributed by atoms with Crippen LogP contribution in [0.2, 0.25) is 0 Å². The predicted molar refractivity (Wildman–Crippen MR) is 80.9 cm³/mol. The summed E-state index contributed by atoms with van der Waals surface area (Å²) in [7, 11) is 0. The summed E-state index contributed by atoms with van der Waals surface area (Å²) in [6, 6.07) is 0. The van der Waals surface area contributed by atoms with Gasteiger partial charge in [-0.2, -0.15) is 0 Å². The van der Waals surface area contributed by atoms with Crippen LogP contribution in [0.1, 0.15) is 91.9 Å². The molecule has 0 heterocycles. The van der Waals surface area contributed by atoms with E-state index in [1.807, 2.05) is 0 Å². The van der Waals surface area contributed by atoms with Crippen LogP contribution in [0.15, 0.2) is 0 Å². The smallest absolute Gasteiger partial charge is 0.132 e. The Labute approximate surface area is 115 Å². The molecule has 0 aliphatic heterocycles.